The molecule has 1 aliphatic carbocycles. The van der Waals surface area contributed by atoms with Crippen LogP contribution in [0.25, 0.3) is 0 Å². The maximum atomic E-state index is 11.9. The van der Waals surface area contributed by atoms with Crippen molar-refractivity contribution in [3.8, 4) is 0 Å². The summed E-state index contributed by atoms with van der Waals surface area (Å²) in [5.74, 6) is -0.346. The second kappa shape index (κ2) is 7.91. The van der Waals surface area contributed by atoms with E-state index in [9.17, 15) is 9.59 Å². The molecule has 0 saturated heterocycles. The molecule has 1 saturated carbocycles. The zero-order valence-corrected chi connectivity index (χ0v) is 13.8. The molecule has 5 heteroatoms. The summed E-state index contributed by atoms with van der Waals surface area (Å²) in [5.41, 5.74) is -0.484. The Morgan fingerprint density at radius 3 is 2.55 bits per heavy atom. The van der Waals surface area contributed by atoms with Gasteiger partial charge in [-0.05, 0) is 46.3 Å². The van der Waals surface area contributed by atoms with Crippen molar-refractivity contribution in [3.05, 3.63) is 0 Å². The van der Waals surface area contributed by atoms with Gasteiger partial charge in [0.05, 0.1) is 6.42 Å². The molecule has 4 nitrogen and oxygen atoms in total. The van der Waals surface area contributed by atoms with Crippen LogP contribution in [0.2, 0.25) is 0 Å². The number of hydrogen-bond donors (Lipinski definition) is 1. The Hall–Kier alpha value is -0.710. The Kier molecular flexibility index (Phi) is 6.86. The maximum Gasteiger partial charge on any atom is 0.306 e. The minimum atomic E-state index is -0.484. The summed E-state index contributed by atoms with van der Waals surface area (Å²) in [6, 6.07) is 0.271. The van der Waals surface area contributed by atoms with Crippen molar-refractivity contribution < 1.29 is 14.3 Å². The lowest BCUT2D eigenvalue weighted by Crippen LogP contribution is -2.39. The third-order valence-electron chi connectivity index (χ3n) is 3.30. The second-order valence-electron chi connectivity index (χ2n) is 6.38. The Bertz CT molecular complexity index is 339. The molecule has 0 aliphatic heterocycles. The smallest absolute Gasteiger partial charge is 0.306 e. The third kappa shape index (κ3) is 7.17. The number of carbonyl (C=O) groups excluding carboxylic acids is 2. The predicted molar refractivity (Wildman–Crippen MR) is 82.8 cm³/mol. The van der Waals surface area contributed by atoms with E-state index >= 15 is 0 Å². The molecule has 0 aromatic carbocycles. The van der Waals surface area contributed by atoms with Gasteiger partial charge in [-0.1, -0.05) is 6.42 Å². The Balaban J connectivity index is 2.24. The number of hydrogen-bond acceptors (Lipinski definition) is 4. The van der Waals surface area contributed by atoms with Gasteiger partial charge in [0.15, 0.2) is 0 Å². The molecule has 0 radical (unpaired) electrons. The largest absolute Gasteiger partial charge is 0.460 e. The standard InChI is InChI=1S/C15H27NO3S/c1-15(2,3)19-14(18)9-8-13(17)16-11-6-5-7-12(10-11)20-4/h11-12H,5-10H2,1-4H3,(H,16,17). The van der Waals surface area contributed by atoms with E-state index in [2.05, 4.69) is 11.6 Å². The van der Waals surface area contributed by atoms with Crippen LogP contribution in [-0.4, -0.2) is 35.0 Å². The van der Waals surface area contributed by atoms with Gasteiger partial charge in [0.25, 0.3) is 0 Å². The first kappa shape index (κ1) is 17.3. The molecule has 0 spiro atoms. The van der Waals surface area contributed by atoms with Gasteiger partial charge in [0.1, 0.15) is 5.60 Å². The number of rotatable bonds is 5. The summed E-state index contributed by atoms with van der Waals surface area (Å²) >= 11 is 1.88. The summed E-state index contributed by atoms with van der Waals surface area (Å²) in [6.07, 6.45) is 7.00. The van der Waals surface area contributed by atoms with Crippen LogP contribution < -0.4 is 5.32 Å². The number of ether oxygens (including phenoxy) is 1. The van der Waals surface area contributed by atoms with Crippen LogP contribution in [0, 0.1) is 0 Å². The molecule has 0 bridgehead atoms. The second-order valence-corrected chi connectivity index (χ2v) is 7.51. The summed E-state index contributed by atoms with van der Waals surface area (Å²) in [4.78, 5) is 23.4. The molecule has 1 amide bonds. The van der Waals surface area contributed by atoms with Crippen LogP contribution in [0.3, 0.4) is 0 Å². The van der Waals surface area contributed by atoms with Crippen molar-refractivity contribution in [2.75, 3.05) is 6.26 Å². The zero-order chi connectivity index (χ0) is 15.2. The Labute approximate surface area is 126 Å². The molecular formula is C15H27NO3S. The molecule has 1 N–H and O–H groups in total. The molecule has 116 valence electrons. The van der Waals surface area contributed by atoms with Gasteiger partial charge in [-0.3, -0.25) is 9.59 Å². The molecule has 0 aromatic heterocycles. The fourth-order valence-electron chi connectivity index (χ4n) is 2.40. The van der Waals surface area contributed by atoms with Crippen LogP contribution in [0.1, 0.15) is 59.3 Å². The fraction of sp³-hybridized carbons (Fsp3) is 0.867. The van der Waals surface area contributed by atoms with Crippen LogP contribution in [-0.2, 0) is 14.3 Å². The molecule has 1 aliphatic rings. The molecule has 0 heterocycles. The maximum absolute atomic E-state index is 11.9. The normalized spacial score (nSPS) is 23.2. The van der Waals surface area contributed by atoms with Gasteiger partial charge in [0, 0.05) is 17.7 Å². The first-order valence-electron chi connectivity index (χ1n) is 7.34. The van der Waals surface area contributed by atoms with Crippen molar-refractivity contribution in [2.45, 2.75) is 76.2 Å². The molecule has 2 atom stereocenters. The first-order chi connectivity index (χ1) is 9.30. The predicted octanol–water partition coefficient (Wildman–Crippen LogP) is 2.90. The average Bonchev–Trinajstić information content (AvgIpc) is 2.34. The van der Waals surface area contributed by atoms with Gasteiger partial charge >= 0.3 is 5.97 Å². The minimum absolute atomic E-state index is 0.0392. The van der Waals surface area contributed by atoms with Crippen LogP contribution in [0.4, 0.5) is 0 Å². The lowest BCUT2D eigenvalue weighted by Gasteiger charge is -2.28. The van der Waals surface area contributed by atoms with E-state index in [0.29, 0.717) is 5.25 Å². The highest BCUT2D eigenvalue weighted by atomic mass is 32.2. The number of esters is 1. The van der Waals surface area contributed by atoms with Crippen molar-refractivity contribution in [1.29, 1.82) is 0 Å². The molecule has 2 unspecified atom stereocenters. The quantitative estimate of drug-likeness (QED) is 0.793. The van der Waals surface area contributed by atoms with E-state index in [1.807, 2.05) is 32.5 Å². The van der Waals surface area contributed by atoms with Crippen molar-refractivity contribution in [3.63, 3.8) is 0 Å². The van der Waals surface area contributed by atoms with Gasteiger partial charge in [-0.15, -0.1) is 0 Å². The van der Waals surface area contributed by atoms with E-state index in [1.54, 1.807) is 0 Å². The summed E-state index contributed by atoms with van der Waals surface area (Å²) in [7, 11) is 0. The topological polar surface area (TPSA) is 55.4 Å². The third-order valence-corrected chi connectivity index (χ3v) is 4.40. The molecular weight excluding hydrogens is 274 g/mol. The minimum Gasteiger partial charge on any atom is -0.460 e. The number of carbonyl (C=O) groups is 2. The van der Waals surface area contributed by atoms with Gasteiger partial charge in [-0.2, -0.15) is 11.8 Å². The Morgan fingerprint density at radius 2 is 1.95 bits per heavy atom. The van der Waals surface area contributed by atoms with E-state index in [-0.39, 0.29) is 30.8 Å². The Morgan fingerprint density at radius 1 is 1.25 bits per heavy atom. The van der Waals surface area contributed by atoms with Crippen molar-refractivity contribution in [1.82, 2.24) is 5.32 Å². The van der Waals surface area contributed by atoms with Crippen molar-refractivity contribution in [2.24, 2.45) is 0 Å². The summed E-state index contributed by atoms with van der Waals surface area (Å²) in [6.45, 7) is 5.49. The van der Waals surface area contributed by atoms with Crippen LogP contribution >= 0.6 is 11.8 Å². The van der Waals surface area contributed by atoms with E-state index in [1.165, 1.54) is 12.8 Å². The highest BCUT2D eigenvalue weighted by Crippen LogP contribution is 2.26. The summed E-state index contributed by atoms with van der Waals surface area (Å²) in [5, 5.41) is 3.69. The lowest BCUT2D eigenvalue weighted by atomic mass is 9.95. The van der Waals surface area contributed by atoms with E-state index < -0.39 is 5.60 Å². The molecule has 1 rings (SSSR count). The van der Waals surface area contributed by atoms with Crippen LogP contribution in [0.5, 0.6) is 0 Å². The van der Waals surface area contributed by atoms with E-state index in [0.717, 1.165) is 12.8 Å². The lowest BCUT2D eigenvalue weighted by molar-refractivity contribution is -0.155. The zero-order valence-electron chi connectivity index (χ0n) is 13.0. The molecule has 1 fully saturated rings. The van der Waals surface area contributed by atoms with E-state index in [4.69, 9.17) is 4.74 Å². The van der Waals surface area contributed by atoms with Gasteiger partial charge in [-0.25, -0.2) is 0 Å². The van der Waals surface area contributed by atoms with Gasteiger partial charge < -0.3 is 10.1 Å². The number of amides is 1. The number of thioether (sulfide) groups is 1. The fourth-order valence-corrected chi connectivity index (χ4v) is 3.23. The van der Waals surface area contributed by atoms with Crippen molar-refractivity contribution >= 4 is 23.6 Å². The number of nitrogens with one attached hydrogen (secondary N) is 1. The average molecular weight is 301 g/mol. The van der Waals surface area contributed by atoms with Crippen LogP contribution in [0.15, 0.2) is 0 Å². The SMILES string of the molecule is CSC1CCCC(NC(=O)CCC(=O)OC(C)(C)C)C1. The summed E-state index contributed by atoms with van der Waals surface area (Å²) < 4.78 is 5.19. The highest BCUT2D eigenvalue weighted by Gasteiger charge is 2.23. The first-order valence-corrected chi connectivity index (χ1v) is 8.63. The monoisotopic (exact) mass is 301 g/mol. The highest BCUT2D eigenvalue weighted by molar-refractivity contribution is 7.99. The van der Waals surface area contributed by atoms with Gasteiger partial charge in [0.2, 0.25) is 5.91 Å². The molecule has 0 aromatic rings. The molecule has 20 heavy (non-hydrogen) atoms.